The Balaban J connectivity index is 3.16. The van der Waals surface area contributed by atoms with E-state index >= 15 is 0 Å². The Bertz CT molecular complexity index is 314. The highest BCUT2D eigenvalue weighted by Gasteiger charge is 2.42. The molecule has 1 aliphatic rings. The van der Waals surface area contributed by atoms with Crippen LogP contribution in [0.2, 0.25) is 0 Å². The molecule has 15 heavy (non-hydrogen) atoms. The highest BCUT2D eigenvalue weighted by molar-refractivity contribution is 5.41. The second-order valence-electron chi connectivity index (χ2n) is 3.26. The molecule has 0 nitrogen and oxygen atoms in total. The fourth-order valence-corrected chi connectivity index (χ4v) is 1.55. The van der Waals surface area contributed by atoms with Crippen LogP contribution in [0, 0.1) is 0 Å². The molecule has 0 aromatic rings. The molecule has 0 spiro atoms. The molecule has 0 saturated heterocycles. The van der Waals surface area contributed by atoms with Gasteiger partial charge in [0.25, 0.3) is 0 Å². The van der Waals surface area contributed by atoms with Gasteiger partial charge in [-0.3, -0.25) is 0 Å². The maximum atomic E-state index is 12.3. The van der Waals surface area contributed by atoms with Gasteiger partial charge in [-0.05, 0) is 25.3 Å². The molecule has 0 aromatic carbocycles. The van der Waals surface area contributed by atoms with Crippen LogP contribution in [-0.2, 0) is 0 Å². The Morgan fingerprint density at radius 1 is 1.00 bits per heavy atom. The van der Waals surface area contributed by atoms with Crippen LogP contribution in [0.1, 0.15) is 19.8 Å². The summed E-state index contributed by atoms with van der Waals surface area (Å²) in [6.45, 7) is 0.862. The first-order valence-corrected chi connectivity index (χ1v) is 4.18. The Labute approximate surface area is 82.3 Å². The average Bonchev–Trinajstić information content (AvgIpc) is 1.99. The van der Waals surface area contributed by atoms with Crippen molar-refractivity contribution in [2.75, 3.05) is 0 Å². The maximum absolute atomic E-state index is 12.3. The minimum atomic E-state index is -4.71. The Morgan fingerprint density at radius 3 is 1.93 bits per heavy atom. The minimum Gasteiger partial charge on any atom is -0.166 e. The number of rotatable bonds is 0. The van der Waals surface area contributed by atoms with Crippen molar-refractivity contribution in [3.05, 3.63) is 22.8 Å². The van der Waals surface area contributed by atoms with E-state index in [9.17, 15) is 26.3 Å². The van der Waals surface area contributed by atoms with Gasteiger partial charge in [0, 0.05) is 5.57 Å². The van der Waals surface area contributed by atoms with Crippen molar-refractivity contribution in [1.82, 2.24) is 0 Å². The molecule has 6 heteroatoms. The summed E-state index contributed by atoms with van der Waals surface area (Å²) >= 11 is 0. The van der Waals surface area contributed by atoms with E-state index < -0.39 is 29.1 Å². The molecule has 1 aliphatic carbocycles. The van der Waals surface area contributed by atoms with Crippen molar-refractivity contribution in [2.24, 2.45) is 0 Å². The van der Waals surface area contributed by atoms with E-state index in [2.05, 4.69) is 0 Å². The molecule has 0 aromatic heterocycles. The lowest BCUT2D eigenvalue weighted by molar-refractivity contribution is -0.100. The Morgan fingerprint density at radius 2 is 1.53 bits per heavy atom. The second-order valence-corrected chi connectivity index (χ2v) is 3.26. The van der Waals surface area contributed by atoms with Crippen LogP contribution in [0.4, 0.5) is 26.3 Å². The van der Waals surface area contributed by atoms with Gasteiger partial charge in [-0.25, -0.2) is 0 Å². The molecule has 0 amide bonds. The van der Waals surface area contributed by atoms with E-state index in [4.69, 9.17) is 0 Å². The van der Waals surface area contributed by atoms with Gasteiger partial charge in [-0.2, -0.15) is 26.3 Å². The summed E-state index contributed by atoms with van der Waals surface area (Å²) in [5.41, 5.74) is -2.94. The number of alkyl halides is 6. The van der Waals surface area contributed by atoms with E-state index in [1.54, 1.807) is 0 Å². The van der Waals surface area contributed by atoms with Gasteiger partial charge in [0.15, 0.2) is 0 Å². The summed E-state index contributed by atoms with van der Waals surface area (Å²) in [4.78, 5) is 0. The number of hydrogen-bond donors (Lipinski definition) is 0. The molecule has 0 fully saturated rings. The quantitative estimate of drug-likeness (QED) is 0.548. The summed E-state index contributed by atoms with van der Waals surface area (Å²) in [5.74, 6) is 0. The van der Waals surface area contributed by atoms with Crippen molar-refractivity contribution < 1.29 is 26.3 Å². The van der Waals surface area contributed by atoms with Crippen molar-refractivity contribution in [3.63, 3.8) is 0 Å². The minimum absolute atomic E-state index is 0.221. The van der Waals surface area contributed by atoms with Crippen LogP contribution in [0.15, 0.2) is 22.8 Å². The lowest BCUT2D eigenvalue weighted by Gasteiger charge is -2.22. The second kappa shape index (κ2) is 3.57. The first-order valence-electron chi connectivity index (χ1n) is 4.18. The molecule has 0 heterocycles. The van der Waals surface area contributed by atoms with Crippen LogP contribution in [-0.4, -0.2) is 12.4 Å². The van der Waals surface area contributed by atoms with Gasteiger partial charge < -0.3 is 0 Å². The fraction of sp³-hybridized carbons (Fsp3) is 0.556. The van der Waals surface area contributed by atoms with E-state index in [1.807, 2.05) is 0 Å². The first kappa shape index (κ1) is 12.1. The molecule has 0 radical (unpaired) electrons. The molecule has 0 N–H and O–H groups in total. The molecule has 86 valence electrons. The lowest BCUT2D eigenvalue weighted by atomic mass is 9.91. The summed E-state index contributed by atoms with van der Waals surface area (Å²) in [5, 5.41) is 0. The van der Waals surface area contributed by atoms with Crippen molar-refractivity contribution in [3.8, 4) is 0 Å². The SMILES string of the molecule is CC1=C(C(F)(F)F)CCC=C1C(F)(F)F. The Kier molecular flexibility index (Phi) is 2.89. The maximum Gasteiger partial charge on any atom is 0.416 e. The lowest BCUT2D eigenvalue weighted by Crippen LogP contribution is -2.22. The molecular formula is C9H8F6. The largest absolute Gasteiger partial charge is 0.416 e. The third kappa shape index (κ3) is 2.54. The van der Waals surface area contributed by atoms with Crippen molar-refractivity contribution >= 4 is 0 Å². The van der Waals surface area contributed by atoms with Gasteiger partial charge in [0.05, 0.1) is 5.57 Å². The van der Waals surface area contributed by atoms with Gasteiger partial charge in [-0.1, -0.05) is 6.08 Å². The van der Waals surface area contributed by atoms with Gasteiger partial charge in [-0.15, -0.1) is 0 Å². The third-order valence-corrected chi connectivity index (χ3v) is 2.25. The van der Waals surface area contributed by atoms with Crippen molar-refractivity contribution in [2.45, 2.75) is 32.1 Å². The first-order chi connectivity index (χ1) is 6.64. The van der Waals surface area contributed by atoms with E-state index in [0.29, 0.717) is 0 Å². The van der Waals surface area contributed by atoms with Crippen LogP contribution in [0.25, 0.3) is 0 Å². The highest BCUT2D eigenvalue weighted by atomic mass is 19.4. The third-order valence-electron chi connectivity index (χ3n) is 2.25. The van der Waals surface area contributed by atoms with E-state index in [-0.39, 0.29) is 12.8 Å². The van der Waals surface area contributed by atoms with Crippen LogP contribution < -0.4 is 0 Å². The summed E-state index contributed by atoms with van der Waals surface area (Å²) in [7, 11) is 0. The van der Waals surface area contributed by atoms with Crippen LogP contribution >= 0.6 is 0 Å². The topological polar surface area (TPSA) is 0 Å². The molecule has 0 saturated carbocycles. The smallest absolute Gasteiger partial charge is 0.166 e. The number of halogens is 6. The van der Waals surface area contributed by atoms with Crippen molar-refractivity contribution in [1.29, 1.82) is 0 Å². The summed E-state index contributed by atoms with van der Waals surface area (Å²) in [6, 6.07) is 0. The predicted octanol–water partition coefficient (Wildman–Crippen LogP) is 4.15. The van der Waals surface area contributed by atoms with Gasteiger partial charge >= 0.3 is 12.4 Å². The Hall–Kier alpha value is -0.940. The molecule has 0 bridgehead atoms. The zero-order valence-corrected chi connectivity index (χ0v) is 7.76. The summed E-state index contributed by atoms with van der Waals surface area (Å²) < 4.78 is 73.8. The molecule has 0 aliphatic heterocycles. The molecule has 1 rings (SSSR count). The van der Waals surface area contributed by atoms with Gasteiger partial charge in [0.2, 0.25) is 0 Å². The fourth-order valence-electron chi connectivity index (χ4n) is 1.55. The average molecular weight is 230 g/mol. The normalized spacial score (nSPS) is 19.3. The summed E-state index contributed by atoms with van der Waals surface area (Å²) in [6.07, 6.45) is -9.17. The molecule has 0 atom stereocenters. The van der Waals surface area contributed by atoms with Crippen LogP contribution in [0.3, 0.4) is 0 Å². The molecule has 0 unspecified atom stereocenters. The van der Waals surface area contributed by atoms with E-state index in [1.165, 1.54) is 0 Å². The number of hydrogen-bond acceptors (Lipinski definition) is 0. The standard InChI is InChI=1S/C9H8F6/c1-5-6(8(10,11)12)3-2-4-7(5)9(13,14)15/h3H,2,4H2,1H3. The number of allylic oxidation sites excluding steroid dienone is 4. The van der Waals surface area contributed by atoms with Gasteiger partial charge in [0.1, 0.15) is 0 Å². The molecular weight excluding hydrogens is 222 g/mol. The predicted molar refractivity (Wildman–Crippen MR) is 42.1 cm³/mol. The zero-order chi connectivity index (χ0) is 11.9. The highest BCUT2D eigenvalue weighted by Crippen LogP contribution is 2.42. The van der Waals surface area contributed by atoms with Crippen LogP contribution in [0.5, 0.6) is 0 Å². The monoisotopic (exact) mass is 230 g/mol. The van der Waals surface area contributed by atoms with E-state index in [0.717, 1.165) is 13.0 Å². The zero-order valence-electron chi connectivity index (χ0n) is 7.76.